The van der Waals surface area contributed by atoms with Gasteiger partial charge in [-0.05, 0) is 43.3 Å². The van der Waals surface area contributed by atoms with Crippen molar-refractivity contribution in [3.63, 3.8) is 0 Å². The third kappa shape index (κ3) is 7.58. The molecule has 0 spiro atoms. The van der Waals surface area contributed by atoms with E-state index in [1.54, 1.807) is 24.2 Å². The molecule has 2 aliphatic heterocycles. The number of aromatic amines is 2. The molecule has 0 radical (unpaired) electrons. The van der Waals surface area contributed by atoms with E-state index in [9.17, 15) is 34.8 Å². The van der Waals surface area contributed by atoms with Gasteiger partial charge in [-0.1, -0.05) is 0 Å². The third-order valence-electron chi connectivity index (χ3n) is 8.88. The number of carbonyl (C=O) groups excluding carboxylic acids is 1. The lowest BCUT2D eigenvalue weighted by Crippen LogP contribution is -2.53. The minimum atomic E-state index is -4.44. The van der Waals surface area contributed by atoms with Crippen LogP contribution in [0.1, 0.15) is 19.4 Å². The van der Waals surface area contributed by atoms with Crippen molar-refractivity contribution in [1.29, 1.82) is 0 Å². The summed E-state index contributed by atoms with van der Waals surface area (Å²) in [5.74, 6) is -0.0336. The molecule has 4 heterocycles. The van der Waals surface area contributed by atoms with Gasteiger partial charge in [-0.25, -0.2) is 16.8 Å². The molecule has 12 nitrogen and oxygen atoms in total. The first-order chi connectivity index (χ1) is 22.3. The Hall–Kier alpha value is -3.80. The lowest BCUT2D eigenvalue weighted by atomic mass is 10.1. The number of benzene rings is 2. The second-order valence-electron chi connectivity index (χ2n) is 12.2. The number of halogens is 3. The molecule has 48 heavy (non-hydrogen) atoms. The van der Waals surface area contributed by atoms with E-state index in [1.807, 2.05) is 36.2 Å². The average molecular weight is 712 g/mol. The van der Waals surface area contributed by atoms with Crippen LogP contribution >= 0.6 is 0 Å². The molecule has 1 amide bonds. The van der Waals surface area contributed by atoms with E-state index in [-0.39, 0.29) is 25.0 Å². The number of H-pyrrole nitrogens is 2. The molecule has 2 fully saturated rings. The van der Waals surface area contributed by atoms with Crippen LogP contribution in [0.3, 0.4) is 0 Å². The van der Waals surface area contributed by atoms with E-state index < -0.39 is 31.8 Å². The van der Waals surface area contributed by atoms with Crippen molar-refractivity contribution in [1.82, 2.24) is 18.6 Å². The predicted octanol–water partition coefficient (Wildman–Crippen LogP) is 3.89. The first kappa shape index (κ1) is 35.5. The first-order valence-electron chi connectivity index (χ1n) is 15.3. The zero-order valence-corrected chi connectivity index (χ0v) is 29.0. The molecule has 2 N–H and O–H groups in total. The fourth-order valence-corrected chi connectivity index (χ4v) is 7.89. The van der Waals surface area contributed by atoms with Crippen LogP contribution in [0.15, 0.2) is 48.8 Å². The molecule has 0 aliphatic carbocycles. The smallest absolute Gasteiger partial charge is 0.368 e. The van der Waals surface area contributed by atoms with Gasteiger partial charge in [0.2, 0.25) is 26.0 Å². The molecule has 17 heteroatoms. The Bertz CT molecular complexity index is 2020. The second-order valence-corrected chi connectivity index (χ2v) is 16.2. The van der Waals surface area contributed by atoms with E-state index in [0.29, 0.717) is 49.3 Å². The van der Waals surface area contributed by atoms with Crippen LogP contribution in [0.5, 0.6) is 0 Å². The number of piperazine rings is 2. The van der Waals surface area contributed by atoms with Crippen LogP contribution in [0.25, 0.3) is 21.8 Å². The molecule has 0 saturated carbocycles. The minimum absolute atomic E-state index is 0.0336. The number of rotatable bonds is 5. The summed E-state index contributed by atoms with van der Waals surface area (Å²) in [6.07, 6.45) is 1.43. The highest BCUT2D eigenvalue weighted by Crippen LogP contribution is 2.38. The van der Waals surface area contributed by atoms with E-state index in [1.165, 1.54) is 21.8 Å². The largest absolute Gasteiger partial charge is 0.416 e. The number of amides is 1. The van der Waals surface area contributed by atoms with Crippen molar-refractivity contribution in [2.45, 2.75) is 26.1 Å². The Morgan fingerprint density at radius 3 is 1.88 bits per heavy atom. The van der Waals surface area contributed by atoms with Gasteiger partial charge in [-0.15, -0.1) is 0 Å². The summed E-state index contributed by atoms with van der Waals surface area (Å²) in [5, 5.41) is 1.77. The van der Waals surface area contributed by atoms with Gasteiger partial charge in [-0.3, -0.25) is 4.79 Å². The number of aromatic nitrogens is 2. The van der Waals surface area contributed by atoms with E-state index >= 15 is 0 Å². The number of hydrogen-bond acceptors (Lipinski definition) is 7. The lowest BCUT2D eigenvalue weighted by Gasteiger charge is -2.40. The minimum Gasteiger partial charge on any atom is -0.368 e. The van der Waals surface area contributed by atoms with E-state index in [2.05, 4.69) is 14.9 Å². The summed E-state index contributed by atoms with van der Waals surface area (Å²) in [4.78, 5) is 23.3. The Kier molecular flexibility index (Phi) is 9.80. The van der Waals surface area contributed by atoms with E-state index in [4.69, 9.17) is 0 Å². The standard InChI is InChI=1S/C16H22N4O3S.C15H18F3N3O2S/c1-12(21)18(2)13-10-15-14(4-5-17-15)16(11-13)19-6-8-20(9-7-19)24(3,22)23;1-10-9-20(24(2,22)23)5-6-21(10)14-8-11(15(16,17)18)7-13-12(14)3-4-19-13/h4-5,10-11,17H,6-9H2,1-3H3;3-4,7-8,10,19H,5-6,9H2,1-2H3/t;10-/m.0/s1. The first-order valence-corrected chi connectivity index (χ1v) is 19.0. The highest BCUT2D eigenvalue weighted by molar-refractivity contribution is 7.88. The normalized spacial score (nSPS) is 18.6. The Morgan fingerprint density at radius 1 is 0.812 bits per heavy atom. The summed E-state index contributed by atoms with van der Waals surface area (Å²) in [5.41, 5.74) is 2.97. The summed E-state index contributed by atoms with van der Waals surface area (Å²) < 4.78 is 89.1. The Labute approximate surface area is 278 Å². The molecule has 6 rings (SSSR count). The van der Waals surface area contributed by atoms with Crippen molar-refractivity contribution in [2.75, 3.05) is 80.1 Å². The molecule has 2 aromatic heterocycles. The maximum Gasteiger partial charge on any atom is 0.416 e. The molecule has 0 bridgehead atoms. The second kappa shape index (κ2) is 13.2. The van der Waals surface area contributed by atoms with Crippen LogP contribution in [0, 0.1) is 0 Å². The number of carbonyl (C=O) groups is 1. The molecule has 262 valence electrons. The Balaban J connectivity index is 0.000000188. The molecule has 0 unspecified atom stereocenters. The van der Waals surface area contributed by atoms with Gasteiger partial charge in [0.15, 0.2) is 0 Å². The van der Waals surface area contributed by atoms with Crippen molar-refractivity contribution in [3.05, 3.63) is 54.4 Å². The maximum absolute atomic E-state index is 13.2. The molecule has 2 aromatic carbocycles. The number of sulfonamides is 2. The fraction of sp³-hybridized carbons (Fsp3) is 0.452. The van der Waals surface area contributed by atoms with Gasteiger partial charge in [0.1, 0.15) is 0 Å². The van der Waals surface area contributed by atoms with Crippen LogP contribution in [-0.2, 0) is 31.0 Å². The van der Waals surface area contributed by atoms with Crippen LogP contribution < -0.4 is 14.7 Å². The van der Waals surface area contributed by atoms with Gasteiger partial charge in [0, 0.05) is 117 Å². The lowest BCUT2D eigenvalue weighted by molar-refractivity contribution is -0.137. The quantitative estimate of drug-likeness (QED) is 0.321. The molecule has 4 aromatic rings. The highest BCUT2D eigenvalue weighted by atomic mass is 32.2. The number of anilines is 3. The van der Waals surface area contributed by atoms with Crippen LogP contribution in [0.4, 0.5) is 30.2 Å². The summed E-state index contributed by atoms with van der Waals surface area (Å²) in [6, 6.07) is 9.70. The number of nitrogens with one attached hydrogen (secondary N) is 2. The van der Waals surface area contributed by atoms with E-state index in [0.717, 1.165) is 40.7 Å². The van der Waals surface area contributed by atoms with Crippen molar-refractivity contribution in [2.24, 2.45) is 0 Å². The zero-order chi connectivity index (χ0) is 35.2. The summed E-state index contributed by atoms with van der Waals surface area (Å²) >= 11 is 0. The fourth-order valence-electron chi connectivity index (χ4n) is 6.16. The van der Waals surface area contributed by atoms with Gasteiger partial charge in [0.05, 0.1) is 18.1 Å². The average Bonchev–Trinajstić information content (AvgIpc) is 3.69. The van der Waals surface area contributed by atoms with Crippen molar-refractivity contribution in [3.8, 4) is 0 Å². The Morgan fingerprint density at radius 2 is 1.35 bits per heavy atom. The highest BCUT2D eigenvalue weighted by Gasteiger charge is 2.34. The molecule has 2 aliphatic rings. The number of nitrogens with zero attached hydrogens (tertiary/aromatic N) is 5. The van der Waals surface area contributed by atoms with Gasteiger partial charge >= 0.3 is 6.18 Å². The molecule has 1 atom stereocenters. The van der Waals surface area contributed by atoms with Crippen molar-refractivity contribution >= 4 is 64.8 Å². The van der Waals surface area contributed by atoms with Crippen LogP contribution in [0.2, 0.25) is 0 Å². The summed E-state index contributed by atoms with van der Waals surface area (Å²) in [7, 11) is -4.71. The van der Waals surface area contributed by atoms with Gasteiger partial charge in [-0.2, -0.15) is 21.8 Å². The van der Waals surface area contributed by atoms with Crippen LogP contribution in [-0.4, -0.2) is 113 Å². The SMILES string of the molecule is CC(=O)N(C)c1cc(N2CCN(S(C)(=O)=O)CC2)c2cc[nH]c2c1.C[C@H]1CN(S(C)(=O)=O)CCN1c1cc(C(F)(F)F)cc2[nH]ccc12. The molecule has 2 saturated heterocycles. The predicted molar refractivity (Wildman–Crippen MR) is 183 cm³/mol. The topological polar surface area (TPSA) is 133 Å². The molecular formula is C31H40F3N7O5S2. The zero-order valence-electron chi connectivity index (χ0n) is 27.4. The third-order valence-corrected chi connectivity index (χ3v) is 11.5. The summed E-state index contributed by atoms with van der Waals surface area (Å²) in [6.45, 7) is 6.39. The van der Waals surface area contributed by atoms with Gasteiger partial charge < -0.3 is 24.7 Å². The monoisotopic (exact) mass is 711 g/mol. The van der Waals surface area contributed by atoms with Crippen molar-refractivity contribution < 1.29 is 34.8 Å². The molecular weight excluding hydrogens is 672 g/mol. The van der Waals surface area contributed by atoms with Gasteiger partial charge in [0.25, 0.3) is 0 Å². The number of hydrogen-bond donors (Lipinski definition) is 2. The maximum atomic E-state index is 13.2. The number of alkyl halides is 3. The number of fused-ring (bicyclic) bond motifs is 2.